The number of benzene rings is 1. The van der Waals surface area contributed by atoms with Crippen molar-refractivity contribution < 1.29 is 4.92 Å². The van der Waals surface area contributed by atoms with Crippen LogP contribution in [0.3, 0.4) is 0 Å². The lowest BCUT2D eigenvalue weighted by Crippen LogP contribution is -1.93. The van der Waals surface area contributed by atoms with Crippen molar-refractivity contribution in [1.29, 1.82) is 5.26 Å². The summed E-state index contributed by atoms with van der Waals surface area (Å²) in [7, 11) is 0. The summed E-state index contributed by atoms with van der Waals surface area (Å²) >= 11 is 0. The van der Waals surface area contributed by atoms with Crippen LogP contribution in [0.2, 0.25) is 0 Å². The number of hydrogen-bond donors (Lipinski definition) is 0. The molecule has 0 amide bonds. The number of nitriles is 1. The first-order valence-electron chi connectivity index (χ1n) is 5.23. The number of pyridine rings is 1. The number of rotatable bonds is 2. The van der Waals surface area contributed by atoms with Gasteiger partial charge < -0.3 is 0 Å². The molecule has 5 nitrogen and oxygen atoms in total. The monoisotopic (exact) mass is 239 g/mol. The second-order valence-corrected chi connectivity index (χ2v) is 3.77. The molecule has 1 aromatic carbocycles. The lowest BCUT2D eigenvalue weighted by Gasteiger charge is -2.04. The van der Waals surface area contributed by atoms with E-state index in [2.05, 4.69) is 4.98 Å². The summed E-state index contributed by atoms with van der Waals surface area (Å²) in [6.07, 6.45) is 1.24. The third-order valence-corrected chi connectivity index (χ3v) is 2.61. The molecule has 0 saturated heterocycles. The van der Waals surface area contributed by atoms with E-state index in [1.807, 2.05) is 6.07 Å². The fourth-order valence-corrected chi connectivity index (χ4v) is 1.64. The maximum absolute atomic E-state index is 10.7. The number of hydrogen-bond acceptors (Lipinski definition) is 4. The molecule has 0 N–H and O–H groups in total. The van der Waals surface area contributed by atoms with Crippen LogP contribution >= 0.6 is 0 Å². The van der Waals surface area contributed by atoms with Crippen molar-refractivity contribution in [3.8, 4) is 17.2 Å². The molecule has 2 rings (SSSR count). The minimum atomic E-state index is -0.473. The average Bonchev–Trinajstić information content (AvgIpc) is 2.39. The highest BCUT2D eigenvalue weighted by atomic mass is 16.6. The Hall–Kier alpha value is -2.74. The fraction of sp³-hybridized carbons (Fsp3) is 0.0769. The van der Waals surface area contributed by atoms with Gasteiger partial charge in [0.25, 0.3) is 5.69 Å². The van der Waals surface area contributed by atoms with Crippen LogP contribution in [-0.2, 0) is 0 Å². The van der Waals surface area contributed by atoms with Crippen LogP contribution in [0, 0.1) is 28.4 Å². The number of nitrogens with zero attached hydrogens (tertiary/aromatic N) is 3. The summed E-state index contributed by atoms with van der Waals surface area (Å²) in [4.78, 5) is 14.3. The Morgan fingerprint density at radius 1 is 1.33 bits per heavy atom. The van der Waals surface area contributed by atoms with Crippen LogP contribution in [-0.4, -0.2) is 9.91 Å². The van der Waals surface area contributed by atoms with E-state index in [1.165, 1.54) is 12.3 Å². The van der Waals surface area contributed by atoms with E-state index in [9.17, 15) is 10.1 Å². The summed E-state index contributed by atoms with van der Waals surface area (Å²) in [5.74, 6) is 0. The third-order valence-electron chi connectivity index (χ3n) is 2.61. The standard InChI is InChI=1S/C13H9N3O2/c1-9-13(6-12(8-15-9)16(17)18)11-4-2-10(7-14)3-5-11/h2-6,8H,1H3. The zero-order valence-electron chi connectivity index (χ0n) is 9.62. The van der Waals surface area contributed by atoms with E-state index in [0.717, 1.165) is 5.56 Å². The van der Waals surface area contributed by atoms with Gasteiger partial charge in [-0.1, -0.05) is 12.1 Å². The Kier molecular flexibility index (Phi) is 3.02. The lowest BCUT2D eigenvalue weighted by atomic mass is 10.0. The molecule has 5 heteroatoms. The van der Waals surface area contributed by atoms with Gasteiger partial charge in [-0.3, -0.25) is 15.1 Å². The molecule has 0 unspecified atom stereocenters. The predicted octanol–water partition coefficient (Wildman–Crippen LogP) is 2.84. The minimum Gasteiger partial charge on any atom is -0.258 e. The second-order valence-electron chi connectivity index (χ2n) is 3.77. The maximum Gasteiger partial charge on any atom is 0.288 e. The van der Waals surface area contributed by atoms with Crippen molar-refractivity contribution in [3.05, 3.63) is 57.9 Å². The molecule has 1 aromatic heterocycles. The van der Waals surface area contributed by atoms with Gasteiger partial charge in [0, 0.05) is 17.3 Å². The molecule has 0 aliphatic rings. The summed E-state index contributed by atoms with van der Waals surface area (Å²) in [5.41, 5.74) is 2.73. The summed E-state index contributed by atoms with van der Waals surface area (Å²) in [6, 6.07) is 10.4. The highest BCUT2D eigenvalue weighted by Crippen LogP contribution is 2.26. The number of nitro groups is 1. The molecule has 0 atom stereocenters. The largest absolute Gasteiger partial charge is 0.288 e. The molecule has 0 aliphatic heterocycles. The topological polar surface area (TPSA) is 79.8 Å². The molecular weight excluding hydrogens is 230 g/mol. The summed E-state index contributed by atoms with van der Waals surface area (Å²) < 4.78 is 0. The molecule has 0 spiro atoms. The number of aryl methyl sites for hydroxylation is 1. The van der Waals surface area contributed by atoms with Gasteiger partial charge >= 0.3 is 0 Å². The maximum atomic E-state index is 10.7. The van der Waals surface area contributed by atoms with Gasteiger partial charge in [0.2, 0.25) is 0 Å². The van der Waals surface area contributed by atoms with Crippen LogP contribution in [0.25, 0.3) is 11.1 Å². The van der Waals surface area contributed by atoms with E-state index in [4.69, 9.17) is 5.26 Å². The van der Waals surface area contributed by atoms with E-state index >= 15 is 0 Å². The highest BCUT2D eigenvalue weighted by molar-refractivity contribution is 5.68. The van der Waals surface area contributed by atoms with Gasteiger partial charge in [0.15, 0.2) is 0 Å². The predicted molar refractivity (Wildman–Crippen MR) is 65.8 cm³/mol. The van der Waals surface area contributed by atoms with E-state index in [1.54, 1.807) is 31.2 Å². The normalized spacial score (nSPS) is 9.78. The first-order valence-corrected chi connectivity index (χ1v) is 5.23. The van der Waals surface area contributed by atoms with Gasteiger partial charge in [0.05, 0.1) is 16.6 Å². The summed E-state index contributed by atoms with van der Waals surface area (Å²) in [5, 5.41) is 19.4. The van der Waals surface area contributed by atoms with E-state index < -0.39 is 4.92 Å². The molecule has 18 heavy (non-hydrogen) atoms. The van der Waals surface area contributed by atoms with Crippen LogP contribution in [0.15, 0.2) is 36.5 Å². The molecule has 0 fully saturated rings. The van der Waals surface area contributed by atoms with Gasteiger partial charge in [-0.25, -0.2) is 0 Å². The third kappa shape index (κ3) is 2.18. The minimum absolute atomic E-state index is 0.0417. The molecule has 0 saturated carbocycles. The summed E-state index contributed by atoms with van der Waals surface area (Å²) in [6.45, 7) is 1.79. The Bertz CT molecular complexity index is 642. The Balaban J connectivity index is 2.52. The first kappa shape index (κ1) is 11.7. The zero-order chi connectivity index (χ0) is 13.1. The fourth-order valence-electron chi connectivity index (χ4n) is 1.64. The molecule has 88 valence electrons. The molecule has 0 aliphatic carbocycles. The van der Waals surface area contributed by atoms with Crippen LogP contribution in [0.4, 0.5) is 5.69 Å². The Morgan fingerprint density at radius 3 is 2.56 bits per heavy atom. The SMILES string of the molecule is Cc1ncc([N+](=O)[O-])cc1-c1ccc(C#N)cc1. The van der Waals surface area contributed by atoms with Crippen molar-refractivity contribution >= 4 is 5.69 Å². The van der Waals surface area contributed by atoms with Crippen molar-refractivity contribution in [2.75, 3.05) is 0 Å². The van der Waals surface area contributed by atoms with Gasteiger partial charge in [-0.05, 0) is 24.6 Å². The van der Waals surface area contributed by atoms with E-state index in [-0.39, 0.29) is 5.69 Å². The van der Waals surface area contributed by atoms with Crippen LogP contribution in [0.1, 0.15) is 11.3 Å². The van der Waals surface area contributed by atoms with Gasteiger partial charge in [0.1, 0.15) is 6.20 Å². The van der Waals surface area contributed by atoms with Crippen molar-refractivity contribution in [3.63, 3.8) is 0 Å². The second kappa shape index (κ2) is 4.63. The van der Waals surface area contributed by atoms with Crippen molar-refractivity contribution in [2.45, 2.75) is 6.92 Å². The molecule has 1 heterocycles. The molecule has 2 aromatic rings. The Morgan fingerprint density at radius 2 is 2.00 bits per heavy atom. The van der Waals surface area contributed by atoms with Crippen LogP contribution in [0.5, 0.6) is 0 Å². The smallest absolute Gasteiger partial charge is 0.258 e. The van der Waals surface area contributed by atoms with Crippen molar-refractivity contribution in [1.82, 2.24) is 4.98 Å². The highest BCUT2D eigenvalue weighted by Gasteiger charge is 2.11. The average molecular weight is 239 g/mol. The quantitative estimate of drug-likeness (QED) is 0.596. The zero-order valence-corrected chi connectivity index (χ0v) is 9.62. The van der Waals surface area contributed by atoms with E-state index in [0.29, 0.717) is 16.8 Å². The van der Waals surface area contributed by atoms with Crippen molar-refractivity contribution in [2.24, 2.45) is 0 Å². The first-order chi connectivity index (χ1) is 8.61. The number of aromatic nitrogens is 1. The van der Waals surface area contributed by atoms with Crippen LogP contribution < -0.4 is 0 Å². The van der Waals surface area contributed by atoms with Gasteiger partial charge in [-0.15, -0.1) is 0 Å². The molecule has 0 bridgehead atoms. The lowest BCUT2D eigenvalue weighted by molar-refractivity contribution is -0.385. The van der Waals surface area contributed by atoms with Gasteiger partial charge in [-0.2, -0.15) is 5.26 Å². The molecular formula is C13H9N3O2. The molecule has 0 radical (unpaired) electrons. The Labute approximate surface area is 103 Å².